The fourth-order valence-corrected chi connectivity index (χ4v) is 0.863. The molecular weight excluding hydrogens is 169 g/mol. The number of halogens is 1. The van der Waals surface area contributed by atoms with Crippen LogP contribution >= 0.6 is 0 Å². The Morgan fingerprint density at radius 2 is 2.38 bits per heavy atom. The molecule has 1 rings (SSSR count). The Bertz CT molecular complexity index is 352. The van der Waals surface area contributed by atoms with Gasteiger partial charge in [0.1, 0.15) is 5.82 Å². The van der Waals surface area contributed by atoms with Gasteiger partial charge in [-0.2, -0.15) is 0 Å². The third-order valence-corrected chi connectivity index (χ3v) is 1.41. The highest BCUT2D eigenvalue weighted by Crippen LogP contribution is 2.13. The van der Waals surface area contributed by atoms with Crippen LogP contribution < -0.4 is 4.74 Å². The smallest absolute Gasteiger partial charge is 0.229 e. The van der Waals surface area contributed by atoms with E-state index >= 15 is 0 Å². The SMILES string of the molecule is CCC#Cc1cc(F)cnc1OC. The molecule has 1 aromatic heterocycles. The van der Waals surface area contributed by atoms with Crippen molar-refractivity contribution in [2.75, 3.05) is 7.11 Å². The predicted octanol–water partition coefficient (Wildman–Crippen LogP) is 1.99. The third kappa shape index (κ3) is 2.45. The maximum Gasteiger partial charge on any atom is 0.229 e. The molecule has 0 amide bonds. The van der Waals surface area contributed by atoms with E-state index in [0.29, 0.717) is 11.4 Å². The first-order valence-electron chi connectivity index (χ1n) is 3.96. The van der Waals surface area contributed by atoms with Gasteiger partial charge in [0.05, 0.1) is 18.9 Å². The molecule has 0 aliphatic rings. The molecule has 0 radical (unpaired) electrons. The van der Waals surface area contributed by atoms with E-state index in [0.717, 1.165) is 12.6 Å². The largest absolute Gasteiger partial charge is 0.480 e. The minimum absolute atomic E-state index is 0.363. The van der Waals surface area contributed by atoms with Crippen LogP contribution in [0.5, 0.6) is 5.88 Å². The summed E-state index contributed by atoms with van der Waals surface area (Å²) in [7, 11) is 1.48. The summed E-state index contributed by atoms with van der Waals surface area (Å²) < 4.78 is 17.6. The molecule has 0 aromatic carbocycles. The van der Waals surface area contributed by atoms with Gasteiger partial charge in [-0.1, -0.05) is 18.8 Å². The molecule has 0 bridgehead atoms. The van der Waals surface area contributed by atoms with Gasteiger partial charge >= 0.3 is 0 Å². The van der Waals surface area contributed by atoms with Gasteiger partial charge in [0, 0.05) is 6.42 Å². The lowest BCUT2D eigenvalue weighted by atomic mass is 10.2. The van der Waals surface area contributed by atoms with Gasteiger partial charge in [-0.05, 0) is 6.07 Å². The van der Waals surface area contributed by atoms with Gasteiger partial charge in [-0.25, -0.2) is 9.37 Å². The normalized spacial score (nSPS) is 8.85. The number of hydrogen-bond acceptors (Lipinski definition) is 2. The maximum atomic E-state index is 12.7. The van der Waals surface area contributed by atoms with Crippen LogP contribution in [-0.2, 0) is 0 Å². The van der Waals surface area contributed by atoms with Crippen LogP contribution in [-0.4, -0.2) is 12.1 Å². The lowest BCUT2D eigenvalue weighted by Crippen LogP contribution is -1.92. The van der Waals surface area contributed by atoms with Crippen LogP contribution in [0.2, 0.25) is 0 Å². The first kappa shape index (κ1) is 9.53. The van der Waals surface area contributed by atoms with Crippen molar-refractivity contribution in [1.82, 2.24) is 4.98 Å². The van der Waals surface area contributed by atoms with E-state index in [2.05, 4.69) is 16.8 Å². The summed E-state index contributed by atoms with van der Waals surface area (Å²) in [4.78, 5) is 3.75. The first-order valence-corrected chi connectivity index (χ1v) is 3.96. The van der Waals surface area contributed by atoms with Crippen LogP contribution in [0.1, 0.15) is 18.9 Å². The van der Waals surface area contributed by atoms with Crippen molar-refractivity contribution < 1.29 is 9.13 Å². The van der Waals surface area contributed by atoms with Gasteiger partial charge in [0.25, 0.3) is 0 Å². The number of rotatable bonds is 1. The topological polar surface area (TPSA) is 22.1 Å². The average molecular weight is 179 g/mol. The summed E-state index contributed by atoms with van der Waals surface area (Å²) in [5, 5.41) is 0. The van der Waals surface area contributed by atoms with Gasteiger partial charge in [0.2, 0.25) is 5.88 Å². The molecule has 0 saturated carbocycles. The number of nitrogens with zero attached hydrogens (tertiary/aromatic N) is 1. The standard InChI is InChI=1S/C10H10FNO/c1-3-4-5-8-6-9(11)7-12-10(8)13-2/h6-7H,3H2,1-2H3. The van der Waals surface area contributed by atoms with Crippen molar-refractivity contribution in [3.05, 3.63) is 23.6 Å². The van der Waals surface area contributed by atoms with Crippen molar-refractivity contribution in [3.8, 4) is 17.7 Å². The molecular formula is C10H10FNO. The van der Waals surface area contributed by atoms with E-state index < -0.39 is 5.82 Å². The first-order chi connectivity index (χ1) is 6.27. The number of pyridine rings is 1. The van der Waals surface area contributed by atoms with E-state index in [1.165, 1.54) is 13.2 Å². The number of aromatic nitrogens is 1. The Kier molecular flexibility index (Phi) is 3.27. The second-order valence-corrected chi connectivity index (χ2v) is 2.37. The molecule has 0 spiro atoms. The van der Waals surface area contributed by atoms with Gasteiger partial charge in [0.15, 0.2) is 0 Å². The molecule has 1 aromatic rings. The second kappa shape index (κ2) is 4.46. The van der Waals surface area contributed by atoms with E-state index in [1.807, 2.05) is 6.92 Å². The highest BCUT2D eigenvalue weighted by atomic mass is 19.1. The molecule has 1 heterocycles. The summed E-state index contributed by atoms with van der Waals surface area (Å²) in [6.07, 6.45) is 1.83. The Hall–Kier alpha value is -1.56. The zero-order chi connectivity index (χ0) is 9.68. The Balaban J connectivity index is 3.08. The van der Waals surface area contributed by atoms with Crippen LogP contribution in [0.3, 0.4) is 0 Å². The van der Waals surface area contributed by atoms with E-state index in [-0.39, 0.29) is 0 Å². The zero-order valence-corrected chi connectivity index (χ0v) is 7.60. The highest BCUT2D eigenvalue weighted by molar-refractivity contribution is 5.41. The van der Waals surface area contributed by atoms with E-state index in [1.54, 1.807) is 0 Å². The molecule has 0 aliphatic carbocycles. The van der Waals surface area contributed by atoms with Crippen molar-refractivity contribution >= 4 is 0 Å². The Morgan fingerprint density at radius 1 is 1.62 bits per heavy atom. The third-order valence-electron chi connectivity index (χ3n) is 1.41. The zero-order valence-electron chi connectivity index (χ0n) is 7.60. The second-order valence-electron chi connectivity index (χ2n) is 2.37. The van der Waals surface area contributed by atoms with Crippen molar-refractivity contribution in [2.24, 2.45) is 0 Å². The summed E-state index contributed by atoms with van der Waals surface area (Å²) >= 11 is 0. The minimum Gasteiger partial charge on any atom is -0.480 e. The van der Waals surface area contributed by atoms with Crippen LogP contribution in [0.25, 0.3) is 0 Å². The molecule has 0 atom stereocenters. The summed E-state index contributed by atoms with van der Waals surface area (Å²) in [6, 6.07) is 1.31. The molecule has 13 heavy (non-hydrogen) atoms. The number of methoxy groups -OCH3 is 1. The van der Waals surface area contributed by atoms with Gasteiger partial charge < -0.3 is 4.74 Å². The van der Waals surface area contributed by atoms with Gasteiger partial charge in [-0.15, -0.1) is 0 Å². The quantitative estimate of drug-likeness (QED) is 0.615. The van der Waals surface area contributed by atoms with Crippen molar-refractivity contribution in [2.45, 2.75) is 13.3 Å². The number of ether oxygens (including phenoxy) is 1. The summed E-state index contributed by atoms with van der Waals surface area (Å²) in [5.41, 5.74) is 0.490. The average Bonchev–Trinajstić information content (AvgIpc) is 2.15. The van der Waals surface area contributed by atoms with Crippen LogP contribution in [0.15, 0.2) is 12.3 Å². The monoisotopic (exact) mass is 179 g/mol. The lowest BCUT2D eigenvalue weighted by Gasteiger charge is -2.00. The summed E-state index contributed by atoms with van der Waals surface area (Å²) in [5.74, 6) is 5.57. The molecule has 0 unspecified atom stereocenters. The molecule has 68 valence electrons. The predicted molar refractivity (Wildman–Crippen MR) is 47.9 cm³/mol. The van der Waals surface area contributed by atoms with E-state index in [4.69, 9.17) is 4.74 Å². The Morgan fingerprint density at radius 3 is 3.00 bits per heavy atom. The van der Waals surface area contributed by atoms with E-state index in [9.17, 15) is 4.39 Å². The lowest BCUT2D eigenvalue weighted by molar-refractivity contribution is 0.394. The van der Waals surface area contributed by atoms with Crippen LogP contribution in [0, 0.1) is 17.7 Å². The molecule has 0 fully saturated rings. The van der Waals surface area contributed by atoms with Crippen molar-refractivity contribution in [3.63, 3.8) is 0 Å². The molecule has 2 nitrogen and oxygen atoms in total. The molecule has 0 saturated heterocycles. The maximum absolute atomic E-state index is 12.7. The van der Waals surface area contributed by atoms with Gasteiger partial charge in [-0.3, -0.25) is 0 Å². The fourth-order valence-electron chi connectivity index (χ4n) is 0.863. The fraction of sp³-hybridized carbons (Fsp3) is 0.300. The minimum atomic E-state index is -0.402. The number of hydrogen-bond donors (Lipinski definition) is 0. The van der Waals surface area contributed by atoms with Crippen LogP contribution in [0.4, 0.5) is 4.39 Å². The highest BCUT2D eigenvalue weighted by Gasteiger charge is 2.02. The summed E-state index contributed by atoms with van der Waals surface area (Å²) in [6.45, 7) is 1.92. The molecule has 0 N–H and O–H groups in total. The molecule has 0 aliphatic heterocycles. The molecule has 3 heteroatoms. The Labute approximate surface area is 76.8 Å². The van der Waals surface area contributed by atoms with Crippen molar-refractivity contribution in [1.29, 1.82) is 0 Å².